The van der Waals surface area contributed by atoms with E-state index in [0.29, 0.717) is 18.5 Å². The molecule has 1 spiro atoms. The number of nitrogens with one attached hydrogen (secondary N) is 2. The molecule has 0 saturated carbocycles. The van der Waals surface area contributed by atoms with Gasteiger partial charge < -0.3 is 24.8 Å². The summed E-state index contributed by atoms with van der Waals surface area (Å²) in [6.45, 7) is -2.05. The van der Waals surface area contributed by atoms with Crippen LogP contribution >= 0.6 is 0 Å². The van der Waals surface area contributed by atoms with Crippen molar-refractivity contribution < 1.29 is 32.2 Å². The lowest BCUT2D eigenvalue weighted by Crippen LogP contribution is -2.61. The molecule has 12 heteroatoms. The minimum absolute atomic E-state index is 0.0332. The first-order chi connectivity index (χ1) is 15.9. The van der Waals surface area contributed by atoms with E-state index >= 15 is 0 Å². The lowest BCUT2D eigenvalue weighted by Gasteiger charge is -2.36. The van der Waals surface area contributed by atoms with Crippen molar-refractivity contribution in [3.8, 4) is 11.5 Å². The molecule has 172 valence electrons. The molecule has 1 aromatic heterocycles. The Morgan fingerprint density at radius 2 is 2.06 bits per heavy atom. The van der Waals surface area contributed by atoms with Crippen LogP contribution in [0.3, 0.4) is 0 Å². The van der Waals surface area contributed by atoms with Crippen LogP contribution in [0.1, 0.15) is 0 Å². The number of benzene rings is 2. The molecule has 0 bridgehead atoms. The Hall–Kier alpha value is -3.80. The third-order valence-electron chi connectivity index (χ3n) is 5.52. The fourth-order valence-electron chi connectivity index (χ4n) is 3.86. The SMILES string of the molecule is COc1cccc(Nc2ncnc3cc(OC(F)F)c(N4CC5(CNC5)OC4=O)cc23)c1F. The van der Waals surface area contributed by atoms with Crippen molar-refractivity contribution in [1.82, 2.24) is 15.3 Å². The maximum atomic E-state index is 14.7. The van der Waals surface area contributed by atoms with Crippen LogP contribution < -0.4 is 25.0 Å². The molecular formula is C21H18F3N5O4. The highest BCUT2D eigenvalue weighted by Gasteiger charge is 2.50. The lowest BCUT2D eigenvalue weighted by molar-refractivity contribution is -0.0494. The summed E-state index contributed by atoms with van der Waals surface area (Å²) in [5.74, 6) is -0.640. The number of ether oxygens (including phenoxy) is 3. The van der Waals surface area contributed by atoms with Gasteiger partial charge in [0.25, 0.3) is 0 Å². The van der Waals surface area contributed by atoms with Crippen LogP contribution in [0.2, 0.25) is 0 Å². The summed E-state index contributed by atoms with van der Waals surface area (Å²) < 4.78 is 56.1. The average Bonchev–Trinajstić information content (AvgIpc) is 3.12. The Balaban J connectivity index is 1.60. The first-order valence-electron chi connectivity index (χ1n) is 9.93. The molecule has 2 saturated heterocycles. The normalized spacial score (nSPS) is 16.8. The Morgan fingerprint density at radius 3 is 2.73 bits per heavy atom. The number of nitrogens with zero attached hydrogens (tertiary/aromatic N) is 3. The summed E-state index contributed by atoms with van der Waals surface area (Å²) >= 11 is 0. The fourth-order valence-corrected chi connectivity index (χ4v) is 3.86. The smallest absolute Gasteiger partial charge is 0.415 e. The monoisotopic (exact) mass is 461 g/mol. The minimum Gasteiger partial charge on any atom is -0.494 e. The number of halogens is 3. The van der Waals surface area contributed by atoms with Crippen LogP contribution in [-0.4, -0.2) is 55.0 Å². The molecular weight excluding hydrogens is 443 g/mol. The van der Waals surface area contributed by atoms with Gasteiger partial charge in [-0.3, -0.25) is 4.90 Å². The van der Waals surface area contributed by atoms with Gasteiger partial charge in [0.2, 0.25) is 0 Å². The summed E-state index contributed by atoms with van der Waals surface area (Å²) in [5, 5.41) is 6.27. The van der Waals surface area contributed by atoms with Gasteiger partial charge in [0.1, 0.15) is 12.1 Å². The van der Waals surface area contributed by atoms with E-state index in [1.54, 1.807) is 6.07 Å². The lowest BCUT2D eigenvalue weighted by atomic mass is 9.97. The highest BCUT2D eigenvalue weighted by molar-refractivity contribution is 6.00. The van der Waals surface area contributed by atoms with Gasteiger partial charge in [-0.1, -0.05) is 6.07 Å². The van der Waals surface area contributed by atoms with Crippen molar-refractivity contribution in [2.24, 2.45) is 0 Å². The van der Waals surface area contributed by atoms with Crippen LogP contribution in [0.15, 0.2) is 36.7 Å². The number of carbonyl (C=O) groups excluding carboxylic acids is 1. The van der Waals surface area contributed by atoms with E-state index in [2.05, 4.69) is 25.3 Å². The van der Waals surface area contributed by atoms with Crippen molar-refractivity contribution in [3.63, 3.8) is 0 Å². The Labute approximate surface area is 185 Å². The second kappa shape index (κ2) is 7.96. The molecule has 3 aromatic rings. The number of anilines is 3. The number of aromatic nitrogens is 2. The molecule has 33 heavy (non-hydrogen) atoms. The van der Waals surface area contributed by atoms with Crippen LogP contribution in [0, 0.1) is 5.82 Å². The van der Waals surface area contributed by atoms with E-state index in [0.717, 1.165) is 0 Å². The summed E-state index contributed by atoms with van der Waals surface area (Å²) in [5.41, 5.74) is -0.307. The Bertz CT molecular complexity index is 1240. The van der Waals surface area contributed by atoms with E-state index in [4.69, 9.17) is 9.47 Å². The molecule has 9 nitrogen and oxygen atoms in total. The maximum Gasteiger partial charge on any atom is 0.415 e. The fraction of sp³-hybridized carbons (Fsp3) is 0.286. The third-order valence-corrected chi connectivity index (χ3v) is 5.52. The number of amides is 1. The van der Waals surface area contributed by atoms with Gasteiger partial charge in [-0.15, -0.1) is 0 Å². The number of fused-ring (bicyclic) bond motifs is 1. The molecule has 2 N–H and O–H groups in total. The zero-order valence-corrected chi connectivity index (χ0v) is 17.3. The topological polar surface area (TPSA) is 97.8 Å². The largest absolute Gasteiger partial charge is 0.494 e. The zero-order chi connectivity index (χ0) is 23.2. The predicted molar refractivity (Wildman–Crippen MR) is 112 cm³/mol. The van der Waals surface area contributed by atoms with Gasteiger partial charge >= 0.3 is 12.7 Å². The number of hydrogen-bond donors (Lipinski definition) is 2. The van der Waals surface area contributed by atoms with Gasteiger partial charge in [-0.25, -0.2) is 19.2 Å². The van der Waals surface area contributed by atoms with Gasteiger partial charge in [-0.2, -0.15) is 8.78 Å². The molecule has 2 aliphatic rings. The number of alkyl halides is 2. The molecule has 3 heterocycles. The number of methoxy groups -OCH3 is 1. The number of carbonyl (C=O) groups is 1. The third kappa shape index (κ3) is 3.71. The number of hydrogen-bond acceptors (Lipinski definition) is 8. The highest BCUT2D eigenvalue weighted by Crippen LogP contribution is 2.40. The van der Waals surface area contributed by atoms with E-state index in [-0.39, 0.29) is 40.8 Å². The molecule has 0 radical (unpaired) electrons. The molecule has 0 aliphatic carbocycles. The minimum atomic E-state index is -3.12. The first-order valence-corrected chi connectivity index (χ1v) is 9.93. The van der Waals surface area contributed by atoms with Crippen molar-refractivity contribution >= 4 is 34.2 Å². The zero-order valence-electron chi connectivity index (χ0n) is 17.3. The standard InChI is InChI=1S/C21H18F3N5O4/c1-31-15-4-2-3-12(17(15)22)28-18-11-5-14(29-9-21(7-25-8-21)33-20(29)30)16(32-19(23)24)6-13(11)26-10-27-18/h2-6,10,19,25H,7-9H2,1H3,(H,26,27,28). The van der Waals surface area contributed by atoms with E-state index in [1.807, 2.05) is 0 Å². The van der Waals surface area contributed by atoms with Gasteiger partial charge in [0.15, 0.2) is 22.9 Å². The van der Waals surface area contributed by atoms with Crippen molar-refractivity contribution in [3.05, 3.63) is 42.5 Å². The molecule has 0 unspecified atom stereocenters. The van der Waals surface area contributed by atoms with Crippen LogP contribution in [0.5, 0.6) is 11.5 Å². The van der Waals surface area contributed by atoms with Crippen molar-refractivity contribution in [2.75, 3.05) is 37.0 Å². The van der Waals surface area contributed by atoms with Crippen LogP contribution in [-0.2, 0) is 4.74 Å². The van der Waals surface area contributed by atoms with Gasteiger partial charge in [0.05, 0.1) is 30.5 Å². The first kappa shape index (κ1) is 21.1. The van der Waals surface area contributed by atoms with Gasteiger partial charge in [-0.05, 0) is 18.2 Å². The maximum absolute atomic E-state index is 14.7. The number of rotatable bonds is 6. The Kier molecular flexibility index (Phi) is 5.08. The molecule has 2 aliphatic heterocycles. The summed E-state index contributed by atoms with van der Waals surface area (Å²) in [4.78, 5) is 22.1. The second-order valence-corrected chi connectivity index (χ2v) is 7.63. The quantitative estimate of drug-likeness (QED) is 0.577. The van der Waals surface area contributed by atoms with E-state index < -0.39 is 24.1 Å². The molecule has 0 atom stereocenters. The van der Waals surface area contributed by atoms with E-state index in [1.165, 1.54) is 42.6 Å². The average molecular weight is 461 g/mol. The van der Waals surface area contributed by atoms with Crippen molar-refractivity contribution in [2.45, 2.75) is 12.2 Å². The Morgan fingerprint density at radius 1 is 1.24 bits per heavy atom. The summed E-state index contributed by atoms with van der Waals surface area (Å²) in [6.07, 6.45) is 0.522. The van der Waals surface area contributed by atoms with Crippen molar-refractivity contribution in [1.29, 1.82) is 0 Å². The molecule has 2 aromatic carbocycles. The van der Waals surface area contributed by atoms with Gasteiger partial charge in [0, 0.05) is 24.5 Å². The highest BCUT2D eigenvalue weighted by atomic mass is 19.3. The predicted octanol–water partition coefficient (Wildman–Crippen LogP) is 3.42. The summed E-state index contributed by atoms with van der Waals surface area (Å²) in [6, 6.07) is 7.28. The molecule has 2 fully saturated rings. The molecule has 1 amide bonds. The van der Waals surface area contributed by atoms with Crippen LogP contribution in [0.25, 0.3) is 10.9 Å². The van der Waals surface area contributed by atoms with Crippen LogP contribution in [0.4, 0.5) is 35.2 Å². The van der Waals surface area contributed by atoms with E-state index in [9.17, 15) is 18.0 Å². The second-order valence-electron chi connectivity index (χ2n) is 7.63. The summed E-state index contributed by atoms with van der Waals surface area (Å²) in [7, 11) is 1.35. The molecule has 5 rings (SSSR count).